The van der Waals surface area contributed by atoms with Gasteiger partial charge in [-0.1, -0.05) is 24.8 Å². The maximum atomic E-state index is 12.8. The fraction of sp³-hybridized carbons (Fsp3) is 0.273. The van der Waals surface area contributed by atoms with Crippen LogP contribution in [0, 0.1) is 0 Å². The van der Waals surface area contributed by atoms with Crippen molar-refractivity contribution in [1.29, 1.82) is 0 Å². The van der Waals surface area contributed by atoms with Gasteiger partial charge in [0.25, 0.3) is 11.8 Å². The average Bonchev–Trinajstić information content (AvgIpc) is 2.73. The van der Waals surface area contributed by atoms with Crippen LogP contribution >= 0.6 is 0 Å². The first-order chi connectivity index (χ1) is 13.5. The molecule has 2 amide bonds. The van der Waals surface area contributed by atoms with Gasteiger partial charge in [-0.05, 0) is 42.8 Å². The van der Waals surface area contributed by atoms with Crippen molar-refractivity contribution in [2.75, 3.05) is 38.2 Å². The van der Waals surface area contributed by atoms with Crippen molar-refractivity contribution in [1.82, 2.24) is 4.90 Å². The van der Waals surface area contributed by atoms with Crippen molar-refractivity contribution in [2.24, 2.45) is 0 Å². The summed E-state index contributed by atoms with van der Waals surface area (Å²) in [6.45, 7) is 8.20. The molecule has 0 aliphatic carbocycles. The molecule has 0 bridgehead atoms. The van der Waals surface area contributed by atoms with Crippen LogP contribution in [0.15, 0.2) is 60.7 Å². The Morgan fingerprint density at radius 1 is 1.14 bits per heavy atom. The lowest BCUT2D eigenvalue weighted by Crippen LogP contribution is -2.41. The van der Waals surface area contributed by atoms with Gasteiger partial charge in [0, 0.05) is 18.7 Å². The summed E-state index contributed by atoms with van der Waals surface area (Å²) in [5, 5.41) is 2.85. The van der Waals surface area contributed by atoms with E-state index in [4.69, 9.17) is 9.47 Å². The number of carbonyl (C=O) groups is 2. The lowest BCUT2D eigenvalue weighted by molar-refractivity contribution is 0.0303. The highest BCUT2D eigenvalue weighted by atomic mass is 16.5. The zero-order valence-electron chi connectivity index (χ0n) is 15.9. The Morgan fingerprint density at radius 2 is 1.89 bits per heavy atom. The number of nitrogens with zero attached hydrogens (tertiary/aromatic N) is 1. The Bertz CT molecular complexity index is 872. The molecule has 1 N–H and O–H groups in total. The van der Waals surface area contributed by atoms with Gasteiger partial charge in [0.15, 0.2) is 0 Å². The van der Waals surface area contributed by atoms with Crippen LogP contribution in [-0.4, -0.2) is 49.6 Å². The van der Waals surface area contributed by atoms with Crippen LogP contribution < -0.4 is 10.1 Å². The van der Waals surface area contributed by atoms with Crippen LogP contribution in [0.2, 0.25) is 0 Å². The highest BCUT2D eigenvalue weighted by Gasteiger charge is 2.21. The van der Waals surface area contributed by atoms with Crippen molar-refractivity contribution in [2.45, 2.75) is 6.92 Å². The number of hydrogen-bond donors (Lipinski definition) is 1. The second-order valence-corrected chi connectivity index (χ2v) is 6.68. The van der Waals surface area contributed by atoms with E-state index in [1.807, 2.05) is 6.92 Å². The molecular formula is C22H24N2O4. The van der Waals surface area contributed by atoms with E-state index in [9.17, 15) is 9.59 Å². The van der Waals surface area contributed by atoms with E-state index >= 15 is 0 Å². The summed E-state index contributed by atoms with van der Waals surface area (Å²) < 4.78 is 10.9. The second-order valence-electron chi connectivity index (χ2n) is 6.68. The highest BCUT2D eigenvalue weighted by Crippen LogP contribution is 2.20. The molecule has 0 radical (unpaired) electrons. The number of morpholine rings is 1. The van der Waals surface area contributed by atoms with Gasteiger partial charge in [-0.2, -0.15) is 0 Å². The Morgan fingerprint density at radius 3 is 2.64 bits per heavy atom. The fourth-order valence-electron chi connectivity index (χ4n) is 2.84. The minimum absolute atomic E-state index is 0.113. The average molecular weight is 380 g/mol. The molecule has 0 atom stereocenters. The molecule has 6 heteroatoms. The number of amides is 2. The molecule has 6 nitrogen and oxygen atoms in total. The predicted octanol–water partition coefficient (Wildman–Crippen LogP) is 3.37. The quantitative estimate of drug-likeness (QED) is 0.781. The van der Waals surface area contributed by atoms with Gasteiger partial charge < -0.3 is 19.7 Å². The van der Waals surface area contributed by atoms with Gasteiger partial charge in [0.2, 0.25) is 0 Å². The smallest absolute Gasteiger partial charge is 0.256 e. The van der Waals surface area contributed by atoms with Gasteiger partial charge in [-0.25, -0.2) is 0 Å². The number of para-hydroxylation sites is 1. The van der Waals surface area contributed by atoms with Crippen molar-refractivity contribution in [3.8, 4) is 5.75 Å². The first kappa shape index (κ1) is 19.6. The van der Waals surface area contributed by atoms with Crippen molar-refractivity contribution in [3.63, 3.8) is 0 Å². The van der Waals surface area contributed by atoms with Crippen LogP contribution in [0.5, 0.6) is 5.75 Å². The number of rotatable bonds is 6. The molecule has 1 saturated heterocycles. The lowest BCUT2D eigenvalue weighted by atomic mass is 10.1. The van der Waals surface area contributed by atoms with Crippen molar-refractivity contribution in [3.05, 3.63) is 71.8 Å². The van der Waals surface area contributed by atoms with E-state index in [1.54, 1.807) is 53.4 Å². The summed E-state index contributed by atoms with van der Waals surface area (Å²) in [5.41, 5.74) is 2.29. The molecule has 1 heterocycles. The van der Waals surface area contributed by atoms with Crippen molar-refractivity contribution >= 4 is 17.5 Å². The molecule has 2 aromatic carbocycles. The number of anilines is 1. The summed E-state index contributed by atoms with van der Waals surface area (Å²) >= 11 is 0. The molecule has 1 aliphatic heterocycles. The third-order valence-electron chi connectivity index (χ3n) is 4.29. The van der Waals surface area contributed by atoms with Gasteiger partial charge in [0.1, 0.15) is 12.4 Å². The third-order valence-corrected chi connectivity index (χ3v) is 4.29. The Labute approximate surface area is 164 Å². The van der Waals surface area contributed by atoms with E-state index in [0.29, 0.717) is 55.5 Å². The summed E-state index contributed by atoms with van der Waals surface area (Å²) in [6, 6.07) is 13.9. The number of carbonyl (C=O) groups excluding carboxylic acids is 2. The number of ether oxygens (including phenoxy) is 2. The fourth-order valence-corrected chi connectivity index (χ4v) is 2.84. The van der Waals surface area contributed by atoms with Crippen LogP contribution in [0.25, 0.3) is 0 Å². The SMILES string of the molecule is C=C(C)COc1cccc(C(=O)Nc2ccccc2C(=O)N2CCOCC2)c1. The second kappa shape index (κ2) is 9.19. The normalized spacial score (nSPS) is 13.7. The van der Waals surface area contributed by atoms with Gasteiger partial charge in [0.05, 0.1) is 24.5 Å². The number of benzene rings is 2. The molecule has 0 spiro atoms. The standard InChI is InChI=1S/C22H24N2O4/c1-16(2)15-28-18-7-5-6-17(14-18)21(25)23-20-9-4-3-8-19(20)22(26)24-10-12-27-13-11-24/h3-9,14H,1,10-13,15H2,2H3,(H,23,25). The van der Waals surface area contributed by atoms with Gasteiger partial charge in [-0.3, -0.25) is 9.59 Å². The maximum absolute atomic E-state index is 12.8. The van der Waals surface area contributed by atoms with E-state index in [1.165, 1.54) is 0 Å². The predicted molar refractivity (Wildman–Crippen MR) is 108 cm³/mol. The number of hydrogen-bond acceptors (Lipinski definition) is 4. The molecule has 146 valence electrons. The topological polar surface area (TPSA) is 67.9 Å². The minimum Gasteiger partial charge on any atom is -0.489 e. The van der Waals surface area contributed by atoms with Gasteiger partial charge in [-0.15, -0.1) is 0 Å². The van der Waals surface area contributed by atoms with Crippen LogP contribution in [0.1, 0.15) is 27.6 Å². The van der Waals surface area contributed by atoms with Crippen LogP contribution in [-0.2, 0) is 4.74 Å². The largest absolute Gasteiger partial charge is 0.489 e. The minimum atomic E-state index is -0.303. The molecule has 0 saturated carbocycles. The van der Waals surface area contributed by atoms with E-state index in [-0.39, 0.29) is 11.8 Å². The first-order valence-corrected chi connectivity index (χ1v) is 9.19. The molecule has 28 heavy (non-hydrogen) atoms. The van der Waals surface area contributed by atoms with E-state index in [0.717, 1.165) is 5.57 Å². The summed E-state index contributed by atoms with van der Waals surface area (Å²) in [7, 11) is 0. The van der Waals surface area contributed by atoms with Crippen LogP contribution in [0.3, 0.4) is 0 Å². The zero-order chi connectivity index (χ0) is 19.9. The summed E-state index contributed by atoms with van der Waals surface area (Å²) in [6.07, 6.45) is 0. The molecule has 0 aromatic heterocycles. The summed E-state index contributed by atoms with van der Waals surface area (Å²) in [4.78, 5) is 27.3. The lowest BCUT2D eigenvalue weighted by Gasteiger charge is -2.27. The molecular weight excluding hydrogens is 356 g/mol. The van der Waals surface area contributed by atoms with Crippen LogP contribution in [0.4, 0.5) is 5.69 Å². The Hall–Kier alpha value is -3.12. The third kappa shape index (κ3) is 4.98. The Balaban J connectivity index is 1.75. The number of nitrogens with one attached hydrogen (secondary N) is 1. The molecule has 2 aromatic rings. The molecule has 1 aliphatic rings. The molecule has 0 unspecified atom stereocenters. The monoisotopic (exact) mass is 380 g/mol. The molecule has 1 fully saturated rings. The van der Waals surface area contributed by atoms with E-state index in [2.05, 4.69) is 11.9 Å². The maximum Gasteiger partial charge on any atom is 0.256 e. The zero-order valence-corrected chi connectivity index (χ0v) is 15.9. The Kier molecular flexibility index (Phi) is 6.45. The van der Waals surface area contributed by atoms with Gasteiger partial charge >= 0.3 is 0 Å². The highest BCUT2D eigenvalue weighted by molar-refractivity contribution is 6.09. The van der Waals surface area contributed by atoms with E-state index < -0.39 is 0 Å². The molecule has 3 rings (SSSR count). The van der Waals surface area contributed by atoms with Crippen molar-refractivity contribution < 1.29 is 19.1 Å². The summed E-state index contributed by atoms with van der Waals surface area (Å²) in [5.74, 6) is 0.175. The first-order valence-electron chi connectivity index (χ1n) is 9.19.